The summed E-state index contributed by atoms with van der Waals surface area (Å²) in [7, 11) is 0. The Morgan fingerprint density at radius 1 is 1.00 bits per heavy atom. The number of aliphatic hydroxyl groups is 3. The van der Waals surface area contributed by atoms with Crippen LogP contribution in [0.4, 0.5) is 11.6 Å². The second kappa shape index (κ2) is 12.2. The fourth-order valence-corrected chi connectivity index (χ4v) is 5.58. The molecule has 4 unspecified atom stereocenters. The van der Waals surface area contributed by atoms with Gasteiger partial charge in [0.05, 0.1) is 18.4 Å². The van der Waals surface area contributed by atoms with E-state index >= 15 is 0 Å². The maximum Gasteiger partial charge on any atom is 0.382 e. The van der Waals surface area contributed by atoms with Gasteiger partial charge in [0.15, 0.2) is 17.0 Å². The van der Waals surface area contributed by atoms with Crippen molar-refractivity contribution >= 4 is 28.7 Å². The van der Waals surface area contributed by atoms with Crippen molar-refractivity contribution in [2.75, 3.05) is 18.5 Å². The number of hydrogen-bond acceptors (Lipinski definition) is 11. The van der Waals surface area contributed by atoms with Gasteiger partial charge < -0.3 is 40.6 Å². The van der Waals surface area contributed by atoms with Crippen LogP contribution in [0, 0.1) is 10.1 Å². The van der Waals surface area contributed by atoms with Crippen molar-refractivity contribution in [3.8, 4) is 5.95 Å². The van der Waals surface area contributed by atoms with Crippen molar-refractivity contribution in [3.63, 3.8) is 0 Å². The van der Waals surface area contributed by atoms with E-state index < -0.39 is 41.7 Å². The lowest BCUT2D eigenvalue weighted by molar-refractivity contribution is -0.389. The number of hydrogen-bond donors (Lipinski definition) is 5. The van der Waals surface area contributed by atoms with Crippen LogP contribution in [0.2, 0.25) is 0 Å². The van der Waals surface area contributed by atoms with Crippen molar-refractivity contribution in [2.24, 2.45) is 0 Å². The number of benzene rings is 2. The number of nitrogens with zero attached hydrogens (tertiary/aromatic N) is 7. The van der Waals surface area contributed by atoms with E-state index in [9.17, 15) is 25.1 Å². The molecule has 0 radical (unpaired) electrons. The van der Waals surface area contributed by atoms with Crippen LogP contribution >= 0.6 is 0 Å². The third-order valence-corrected chi connectivity index (χ3v) is 7.77. The maximum absolute atomic E-state index is 11.8. The number of fused-ring (bicyclic) bond motifs is 1. The molecule has 0 saturated heterocycles. The number of rotatable bonds is 10. The number of anilines is 1. The average molecular weight is 600 g/mol. The number of carbonyl (C=O) groups is 1. The molecule has 0 spiro atoms. The summed E-state index contributed by atoms with van der Waals surface area (Å²) >= 11 is 0. The molecule has 15 nitrogen and oxygen atoms in total. The smallest absolute Gasteiger partial charge is 0.382 e. The molecule has 1 fully saturated rings. The van der Waals surface area contributed by atoms with Crippen molar-refractivity contribution in [1.29, 1.82) is 0 Å². The molecule has 0 bridgehead atoms. The van der Waals surface area contributed by atoms with Crippen LogP contribution in [-0.2, 0) is 4.79 Å². The van der Waals surface area contributed by atoms with Gasteiger partial charge in [0, 0.05) is 12.5 Å². The van der Waals surface area contributed by atoms with Gasteiger partial charge in [0.2, 0.25) is 18.2 Å². The van der Waals surface area contributed by atoms with Crippen LogP contribution in [0.25, 0.3) is 17.1 Å². The van der Waals surface area contributed by atoms with Crippen LogP contribution in [0.3, 0.4) is 0 Å². The monoisotopic (exact) mass is 599 g/mol. The van der Waals surface area contributed by atoms with Crippen molar-refractivity contribution in [2.45, 2.75) is 36.6 Å². The highest BCUT2D eigenvalue weighted by Gasteiger charge is 2.44. The molecule has 5 aromatic rings. The van der Waals surface area contributed by atoms with Crippen LogP contribution in [0.1, 0.15) is 29.5 Å². The maximum atomic E-state index is 11.8. The zero-order valence-corrected chi connectivity index (χ0v) is 23.2. The summed E-state index contributed by atoms with van der Waals surface area (Å²) in [6, 6.07) is 18.4. The summed E-state index contributed by atoms with van der Waals surface area (Å²) in [5, 5.41) is 48.0. The van der Waals surface area contributed by atoms with E-state index in [2.05, 4.69) is 30.6 Å². The van der Waals surface area contributed by atoms with Crippen LogP contribution in [-0.4, -0.2) is 86.6 Å². The van der Waals surface area contributed by atoms with E-state index in [1.54, 1.807) is 4.57 Å². The predicted molar refractivity (Wildman–Crippen MR) is 157 cm³/mol. The van der Waals surface area contributed by atoms with E-state index in [-0.39, 0.29) is 29.8 Å². The van der Waals surface area contributed by atoms with E-state index in [1.807, 2.05) is 60.7 Å². The summed E-state index contributed by atoms with van der Waals surface area (Å²) in [5.74, 6) is -0.722. The van der Waals surface area contributed by atoms with Crippen molar-refractivity contribution < 1.29 is 25.0 Å². The summed E-state index contributed by atoms with van der Waals surface area (Å²) in [5.41, 5.74) is 2.81. The number of imidazole rings is 2. The van der Waals surface area contributed by atoms with E-state index in [4.69, 9.17) is 5.11 Å². The molecule has 1 amide bonds. The number of nitro groups is 1. The van der Waals surface area contributed by atoms with Crippen molar-refractivity contribution in [3.05, 3.63) is 101 Å². The third-order valence-electron chi connectivity index (χ3n) is 7.77. The van der Waals surface area contributed by atoms with Gasteiger partial charge in [-0.1, -0.05) is 60.7 Å². The predicted octanol–water partition coefficient (Wildman–Crippen LogP) is 1.31. The molecule has 3 aromatic heterocycles. The minimum atomic E-state index is -1.30. The number of carbonyl (C=O) groups excluding carboxylic acids is 1. The second-order valence-corrected chi connectivity index (χ2v) is 10.5. The fourth-order valence-electron chi connectivity index (χ4n) is 5.58. The van der Waals surface area contributed by atoms with E-state index in [0.29, 0.717) is 17.9 Å². The molecule has 0 aliphatic heterocycles. The SMILES string of the molecule is O=C(CO)NC1CC(n2cnc3c(NCC(c4ccccc4)c4ccccc4)nc(-n4cnc([N+](=O)[O-])c4)nc32)C(O)C1O. The normalized spacial score (nSPS) is 19.8. The highest BCUT2D eigenvalue weighted by molar-refractivity contribution is 5.84. The molecule has 15 heteroatoms. The molecule has 6 rings (SSSR count). The molecule has 226 valence electrons. The van der Waals surface area contributed by atoms with Crippen molar-refractivity contribution in [1.82, 2.24) is 34.4 Å². The first kappa shape index (κ1) is 28.9. The zero-order valence-electron chi connectivity index (χ0n) is 23.2. The van der Waals surface area contributed by atoms with Gasteiger partial charge in [-0.2, -0.15) is 9.97 Å². The van der Waals surface area contributed by atoms with E-state index in [1.165, 1.54) is 23.4 Å². The lowest BCUT2D eigenvalue weighted by Gasteiger charge is -2.20. The first-order valence-corrected chi connectivity index (χ1v) is 13.9. The Balaban J connectivity index is 1.40. The Bertz CT molecular complexity index is 1740. The van der Waals surface area contributed by atoms with Gasteiger partial charge in [-0.25, -0.2) is 9.55 Å². The summed E-state index contributed by atoms with van der Waals surface area (Å²) in [6.07, 6.45) is 1.42. The topological polar surface area (TPSA) is 206 Å². The molecular weight excluding hydrogens is 570 g/mol. The highest BCUT2D eigenvalue weighted by atomic mass is 16.6. The first-order chi connectivity index (χ1) is 21.3. The molecule has 1 aliphatic rings. The molecule has 3 heterocycles. The number of nitrogens with one attached hydrogen (secondary N) is 2. The number of aliphatic hydroxyl groups excluding tert-OH is 3. The lowest BCUT2D eigenvalue weighted by atomic mass is 9.91. The minimum absolute atomic E-state index is 0.0648. The average Bonchev–Trinajstić information content (AvgIpc) is 3.77. The van der Waals surface area contributed by atoms with Gasteiger partial charge in [-0.3, -0.25) is 4.79 Å². The third kappa shape index (κ3) is 5.58. The molecule has 2 aromatic carbocycles. The highest BCUT2D eigenvalue weighted by Crippen LogP contribution is 2.35. The minimum Gasteiger partial charge on any atom is -0.388 e. The Morgan fingerprint density at radius 3 is 2.30 bits per heavy atom. The largest absolute Gasteiger partial charge is 0.388 e. The van der Waals surface area contributed by atoms with Crippen LogP contribution in [0.5, 0.6) is 0 Å². The lowest BCUT2D eigenvalue weighted by Crippen LogP contribution is -2.44. The Labute approximate surface area is 250 Å². The van der Waals surface area contributed by atoms with Gasteiger partial charge in [-0.15, -0.1) is 0 Å². The van der Waals surface area contributed by atoms with E-state index in [0.717, 1.165) is 11.1 Å². The summed E-state index contributed by atoms with van der Waals surface area (Å²) < 4.78 is 2.90. The van der Waals surface area contributed by atoms with Gasteiger partial charge in [-0.05, 0) is 27.5 Å². The van der Waals surface area contributed by atoms with Crippen LogP contribution < -0.4 is 10.6 Å². The zero-order chi connectivity index (χ0) is 30.8. The quantitative estimate of drug-likeness (QED) is 0.114. The number of aromatic nitrogens is 6. The molecule has 1 saturated carbocycles. The van der Waals surface area contributed by atoms with Gasteiger partial charge >= 0.3 is 5.82 Å². The molecule has 5 N–H and O–H groups in total. The summed E-state index contributed by atoms with van der Waals surface area (Å²) in [4.78, 5) is 40.1. The van der Waals surface area contributed by atoms with Gasteiger partial charge in [0.1, 0.15) is 25.0 Å². The Hall–Kier alpha value is -5.25. The van der Waals surface area contributed by atoms with Gasteiger partial charge in [0.25, 0.3) is 0 Å². The first-order valence-electron chi connectivity index (χ1n) is 13.9. The molecular formula is C29H29N9O6. The Kier molecular flexibility index (Phi) is 7.97. The molecule has 4 atom stereocenters. The fraction of sp³-hybridized carbons (Fsp3) is 0.276. The molecule has 44 heavy (non-hydrogen) atoms. The second-order valence-electron chi connectivity index (χ2n) is 10.5. The molecule has 1 aliphatic carbocycles. The Morgan fingerprint density at radius 2 is 1.68 bits per heavy atom. The number of amides is 1. The van der Waals surface area contributed by atoms with Crippen LogP contribution in [0.15, 0.2) is 79.5 Å². The summed E-state index contributed by atoms with van der Waals surface area (Å²) in [6.45, 7) is -0.343. The standard InChI is InChI=1S/C29H29N9O6/c39-14-23(40)33-20-11-21(26(42)25(20)41)37-16-32-24-27(34-29(35-28(24)37)36-13-22(31-15-36)38(43)44)30-12-19(17-7-3-1-4-8-17)18-9-5-2-6-10-18/h1-10,13,15-16,19-21,25-26,39,41-42H,11-12,14H2,(H,33,40)(H,30,34,35).